The molecule has 4 atom stereocenters. The predicted molar refractivity (Wildman–Crippen MR) is 87.8 cm³/mol. The fourth-order valence-electron chi connectivity index (χ4n) is 4.88. The summed E-state index contributed by atoms with van der Waals surface area (Å²) < 4.78 is 0. The maximum absolute atomic E-state index is 6.31. The van der Waals surface area contributed by atoms with Crippen LogP contribution in [0.5, 0.6) is 0 Å². The van der Waals surface area contributed by atoms with E-state index >= 15 is 0 Å². The van der Waals surface area contributed by atoms with Crippen molar-refractivity contribution in [3.63, 3.8) is 0 Å². The topological polar surface area (TPSA) is 29.3 Å². The van der Waals surface area contributed by atoms with E-state index in [1.54, 1.807) is 0 Å². The highest BCUT2D eigenvalue weighted by molar-refractivity contribution is 4.98. The zero-order chi connectivity index (χ0) is 14.6. The molecule has 1 aliphatic heterocycles. The molecule has 0 aromatic rings. The Morgan fingerprint density at radius 3 is 2.60 bits per heavy atom. The molecule has 1 saturated carbocycles. The van der Waals surface area contributed by atoms with Gasteiger partial charge < -0.3 is 5.73 Å². The van der Waals surface area contributed by atoms with E-state index in [2.05, 4.69) is 25.7 Å². The molecule has 20 heavy (non-hydrogen) atoms. The second-order valence-electron chi connectivity index (χ2n) is 7.69. The predicted octanol–water partition coefficient (Wildman–Crippen LogP) is 4.18. The summed E-state index contributed by atoms with van der Waals surface area (Å²) in [5.41, 5.74) is 6.63. The first kappa shape index (κ1) is 16.3. The molecule has 2 fully saturated rings. The minimum atomic E-state index is 0.321. The van der Waals surface area contributed by atoms with Gasteiger partial charge >= 0.3 is 0 Å². The Bertz CT molecular complexity index is 291. The second-order valence-corrected chi connectivity index (χ2v) is 7.69. The van der Waals surface area contributed by atoms with Crippen LogP contribution >= 0.6 is 0 Å². The third kappa shape index (κ3) is 3.57. The van der Waals surface area contributed by atoms with Crippen molar-refractivity contribution in [2.45, 2.75) is 90.1 Å². The van der Waals surface area contributed by atoms with E-state index in [0.29, 0.717) is 5.54 Å². The first-order chi connectivity index (χ1) is 9.61. The van der Waals surface area contributed by atoms with E-state index in [9.17, 15) is 0 Å². The van der Waals surface area contributed by atoms with Gasteiger partial charge in [0.05, 0.1) is 0 Å². The van der Waals surface area contributed by atoms with Crippen LogP contribution in [0.25, 0.3) is 0 Å². The van der Waals surface area contributed by atoms with Crippen molar-refractivity contribution in [2.24, 2.45) is 17.6 Å². The Kier molecular flexibility index (Phi) is 5.92. The molecule has 0 radical (unpaired) electrons. The lowest BCUT2D eigenvalue weighted by molar-refractivity contribution is 0.00414. The molecule has 1 aliphatic carbocycles. The molecule has 2 nitrogen and oxygen atoms in total. The van der Waals surface area contributed by atoms with Crippen LogP contribution in [0.3, 0.4) is 0 Å². The van der Waals surface area contributed by atoms with Crippen molar-refractivity contribution < 1.29 is 0 Å². The van der Waals surface area contributed by atoms with E-state index in [0.717, 1.165) is 24.4 Å². The molecule has 2 aliphatic rings. The van der Waals surface area contributed by atoms with Crippen molar-refractivity contribution in [3.05, 3.63) is 0 Å². The van der Waals surface area contributed by atoms with E-state index in [-0.39, 0.29) is 0 Å². The largest absolute Gasteiger partial charge is 0.329 e. The van der Waals surface area contributed by atoms with E-state index in [4.69, 9.17) is 5.73 Å². The first-order valence-electron chi connectivity index (χ1n) is 9.08. The maximum Gasteiger partial charge on any atom is 0.0334 e. The molecule has 4 unspecified atom stereocenters. The summed E-state index contributed by atoms with van der Waals surface area (Å²) in [6.07, 6.45) is 12.4. The third-order valence-corrected chi connectivity index (χ3v) is 6.10. The van der Waals surface area contributed by atoms with Crippen LogP contribution in [0.1, 0.15) is 78.6 Å². The summed E-state index contributed by atoms with van der Waals surface area (Å²) in [5, 5.41) is 0. The summed E-state index contributed by atoms with van der Waals surface area (Å²) in [6, 6.07) is 0.727. The number of rotatable bonds is 4. The van der Waals surface area contributed by atoms with Gasteiger partial charge in [0.15, 0.2) is 0 Å². The average molecular weight is 281 g/mol. The lowest BCUT2D eigenvalue weighted by Crippen LogP contribution is -2.59. The average Bonchev–Trinajstić information content (AvgIpc) is 2.63. The number of nitrogens with two attached hydrogens (primary N) is 1. The molecule has 0 bridgehead atoms. The summed E-state index contributed by atoms with van der Waals surface area (Å²) in [7, 11) is 0. The Morgan fingerprint density at radius 1 is 1.15 bits per heavy atom. The Morgan fingerprint density at radius 2 is 1.95 bits per heavy atom. The molecule has 118 valence electrons. The zero-order valence-corrected chi connectivity index (χ0v) is 14.0. The molecule has 2 heteroatoms. The second kappa shape index (κ2) is 7.26. The van der Waals surface area contributed by atoms with Gasteiger partial charge in [-0.3, -0.25) is 4.90 Å². The number of hydrogen-bond donors (Lipinski definition) is 1. The summed E-state index contributed by atoms with van der Waals surface area (Å²) in [5.74, 6) is 1.86. The van der Waals surface area contributed by atoms with Crippen LogP contribution in [0, 0.1) is 11.8 Å². The molecule has 0 aromatic carbocycles. The van der Waals surface area contributed by atoms with Crippen LogP contribution in [0.15, 0.2) is 0 Å². The molecule has 0 aromatic heterocycles. The number of likely N-dealkylation sites (tertiary alicyclic amines) is 1. The van der Waals surface area contributed by atoms with Crippen molar-refractivity contribution in [1.29, 1.82) is 0 Å². The Balaban J connectivity index is 2.05. The molecule has 2 rings (SSSR count). The Labute approximate surface area is 126 Å². The lowest BCUT2D eigenvalue weighted by Gasteiger charge is -2.50. The fraction of sp³-hybridized carbons (Fsp3) is 1.00. The van der Waals surface area contributed by atoms with Gasteiger partial charge in [-0.05, 0) is 57.4 Å². The molecular weight excluding hydrogens is 244 g/mol. The fourth-order valence-corrected chi connectivity index (χ4v) is 4.88. The minimum Gasteiger partial charge on any atom is -0.329 e. The van der Waals surface area contributed by atoms with Crippen LogP contribution in [-0.2, 0) is 0 Å². The van der Waals surface area contributed by atoms with E-state index in [1.165, 1.54) is 64.3 Å². The van der Waals surface area contributed by atoms with Gasteiger partial charge in [-0.1, -0.05) is 39.5 Å². The monoisotopic (exact) mass is 280 g/mol. The van der Waals surface area contributed by atoms with Gasteiger partial charge in [0, 0.05) is 18.1 Å². The standard InChI is InChI=1S/C18H36N2/c1-4-6-17-7-5-10-18(14-19,11-8-17)20-12-9-15(2)13-16(20)3/h15-17H,4-14,19H2,1-3H3. The SMILES string of the molecule is CCCC1CCCC(CN)(N2CCC(C)CC2C)CC1. The molecule has 1 heterocycles. The van der Waals surface area contributed by atoms with Crippen molar-refractivity contribution in [2.75, 3.05) is 13.1 Å². The summed E-state index contributed by atoms with van der Waals surface area (Å²) in [6.45, 7) is 9.31. The Hall–Kier alpha value is -0.0800. The van der Waals surface area contributed by atoms with Crippen molar-refractivity contribution in [1.82, 2.24) is 4.90 Å². The zero-order valence-electron chi connectivity index (χ0n) is 14.0. The molecule has 1 saturated heterocycles. The van der Waals surface area contributed by atoms with Crippen LogP contribution in [0.2, 0.25) is 0 Å². The van der Waals surface area contributed by atoms with Gasteiger partial charge in [0.2, 0.25) is 0 Å². The quantitative estimate of drug-likeness (QED) is 0.783. The van der Waals surface area contributed by atoms with Crippen LogP contribution < -0.4 is 5.73 Å². The van der Waals surface area contributed by atoms with Gasteiger partial charge in [-0.15, -0.1) is 0 Å². The van der Waals surface area contributed by atoms with Crippen molar-refractivity contribution >= 4 is 0 Å². The maximum atomic E-state index is 6.31. The third-order valence-electron chi connectivity index (χ3n) is 6.10. The van der Waals surface area contributed by atoms with Crippen molar-refractivity contribution in [3.8, 4) is 0 Å². The first-order valence-corrected chi connectivity index (χ1v) is 9.08. The normalized spacial score (nSPS) is 40.5. The number of hydrogen-bond acceptors (Lipinski definition) is 2. The smallest absolute Gasteiger partial charge is 0.0334 e. The van der Waals surface area contributed by atoms with Crippen LogP contribution in [0.4, 0.5) is 0 Å². The minimum absolute atomic E-state index is 0.321. The molecule has 0 spiro atoms. The highest BCUT2D eigenvalue weighted by Gasteiger charge is 2.41. The molecule has 2 N–H and O–H groups in total. The van der Waals surface area contributed by atoms with E-state index in [1.807, 2.05) is 0 Å². The van der Waals surface area contributed by atoms with Gasteiger partial charge in [-0.25, -0.2) is 0 Å². The molecule has 0 amide bonds. The van der Waals surface area contributed by atoms with Gasteiger partial charge in [-0.2, -0.15) is 0 Å². The highest BCUT2D eigenvalue weighted by atomic mass is 15.2. The van der Waals surface area contributed by atoms with E-state index < -0.39 is 0 Å². The van der Waals surface area contributed by atoms with Gasteiger partial charge in [0.1, 0.15) is 0 Å². The highest BCUT2D eigenvalue weighted by Crippen LogP contribution is 2.39. The summed E-state index contributed by atoms with van der Waals surface area (Å²) in [4.78, 5) is 2.81. The summed E-state index contributed by atoms with van der Waals surface area (Å²) >= 11 is 0. The molecular formula is C18H36N2. The van der Waals surface area contributed by atoms with Crippen LogP contribution in [-0.4, -0.2) is 29.6 Å². The number of nitrogens with zero attached hydrogens (tertiary/aromatic N) is 1. The number of piperidine rings is 1. The van der Waals surface area contributed by atoms with Gasteiger partial charge in [0.25, 0.3) is 0 Å². The lowest BCUT2D eigenvalue weighted by atomic mass is 9.82.